The molecule has 0 radical (unpaired) electrons. The first kappa shape index (κ1) is 34.5. The lowest BCUT2D eigenvalue weighted by Gasteiger charge is -2.34. The number of halogens is 5. The number of carbonyl (C=O) groups excluding carboxylic acids is 1. The van der Waals surface area contributed by atoms with Crippen molar-refractivity contribution in [1.29, 1.82) is 0 Å². The average molecular weight is 625 g/mol. The lowest BCUT2D eigenvalue weighted by atomic mass is 9.95. The average Bonchev–Trinajstić information content (AvgIpc) is 3.31. The molecule has 3 rings (SSSR count). The van der Waals surface area contributed by atoms with Crippen LogP contribution in [0.25, 0.3) is 0 Å². The first-order valence-corrected chi connectivity index (χ1v) is 13.8. The zero-order chi connectivity index (χ0) is 32.5. The van der Waals surface area contributed by atoms with E-state index in [2.05, 4.69) is 22.5 Å². The second-order valence-electron chi connectivity index (χ2n) is 10.4. The Bertz CT molecular complexity index is 1330. The Morgan fingerprint density at radius 2 is 1.77 bits per heavy atom. The molecule has 0 bridgehead atoms. The van der Waals surface area contributed by atoms with E-state index in [0.717, 1.165) is 17.7 Å². The number of hydrogen-bond acceptors (Lipinski definition) is 7. The number of benzene rings is 2. The van der Waals surface area contributed by atoms with E-state index < -0.39 is 61.3 Å². The molecule has 0 saturated carbocycles. The molecule has 8 nitrogen and oxygen atoms in total. The number of carbonyl (C=O) groups is 1. The summed E-state index contributed by atoms with van der Waals surface area (Å²) in [5.74, 6) is -1.95. The van der Waals surface area contributed by atoms with E-state index >= 15 is 0 Å². The molecule has 0 aromatic heterocycles. The fourth-order valence-corrected chi connectivity index (χ4v) is 4.58. The normalized spacial score (nSPS) is 17.6. The van der Waals surface area contributed by atoms with E-state index in [1.165, 1.54) is 24.1 Å². The Morgan fingerprint density at radius 1 is 1.11 bits per heavy atom. The van der Waals surface area contributed by atoms with Crippen molar-refractivity contribution < 1.29 is 41.3 Å². The van der Waals surface area contributed by atoms with Crippen LogP contribution in [0.3, 0.4) is 0 Å². The first-order valence-electron chi connectivity index (χ1n) is 13.8. The zero-order valence-corrected chi connectivity index (χ0v) is 24.7. The van der Waals surface area contributed by atoms with Crippen LogP contribution in [0, 0.1) is 11.6 Å². The van der Waals surface area contributed by atoms with Crippen molar-refractivity contribution >= 4 is 5.91 Å². The summed E-state index contributed by atoms with van der Waals surface area (Å²) in [6.45, 7) is 7.72. The van der Waals surface area contributed by atoms with Crippen LogP contribution in [0.4, 0.5) is 22.0 Å². The molecule has 1 aliphatic rings. The van der Waals surface area contributed by atoms with Crippen LogP contribution < -0.4 is 16.0 Å². The third-order valence-electron chi connectivity index (χ3n) is 6.98. The highest BCUT2D eigenvalue weighted by molar-refractivity contribution is 5.94. The van der Waals surface area contributed by atoms with Crippen LogP contribution in [0.2, 0.25) is 0 Å². The van der Waals surface area contributed by atoms with Crippen LogP contribution in [0.5, 0.6) is 0 Å². The minimum atomic E-state index is -4.47. The maximum absolute atomic E-state index is 14.1. The number of aliphatic hydroxyl groups excluding tert-OH is 1. The molecule has 2 aromatic rings. The molecule has 0 saturated heterocycles. The Hall–Kier alpha value is -3.94. The van der Waals surface area contributed by atoms with Crippen molar-refractivity contribution in [3.8, 4) is 0 Å². The lowest BCUT2D eigenvalue weighted by molar-refractivity contribution is -0.156. The predicted molar refractivity (Wildman–Crippen MR) is 154 cm³/mol. The van der Waals surface area contributed by atoms with Gasteiger partial charge in [-0.1, -0.05) is 43.0 Å². The number of nitrogens with zero attached hydrogens (tertiary/aromatic N) is 1. The zero-order valence-electron chi connectivity index (χ0n) is 24.7. The predicted octanol–water partition coefficient (Wildman–Crippen LogP) is 5.29. The van der Waals surface area contributed by atoms with Crippen LogP contribution in [0.15, 0.2) is 84.5 Å². The first-order chi connectivity index (χ1) is 20.8. The second-order valence-corrected chi connectivity index (χ2v) is 10.4. The van der Waals surface area contributed by atoms with Gasteiger partial charge in [-0.3, -0.25) is 10.1 Å². The molecule has 4 N–H and O–H groups in total. The van der Waals surface area contributed by atoms with Crippen molar-refractivity contribution in [3.63, 3.8) is 0 Å². The van der Waals surface area contributed by atoms with E-state index in [9.17, 15) is 31.9 Å². The Kier molecular flexibility index (Phi) is 11.9. The maximum Gasteiger partial charge on any atom is 0.389 e. The summed E-state index contributed by atoms with van der Waals surface area (Å²) in [4.78, 5) is 14.8. The molecule has 3 unspecified atom stereocenters. The minimum Gasteiger partial charge on any atom is -0.489 e. The molecule has 0 fully saturated rings. The van der Waals surface area contributed by atoms with E-state index in [1.807, 2.05) is 0 Å². The third kappa shape index (κ3) is 9.53. The van der Waals surface area contributed by atoms with Gasteiger partial charge in [0, 0.05) is 24.2 Å². The molecule has 2 aromatic carbocycles. The third-order valence-corrected chi connectivity index (χ3v) is 6.98. The molecule has 240 valence electrons. The molecule has 0 aliphatic carbocycles. The lowest BCUT2D eigenvalue weighted by Crippen LogP contribution is -2.56. The topological polar surface area (TPSA) is 95.1 Å². The molecule has 1 aliphatic heterocycles. The van der Waals surface area contributed by atoms with Gasteiger partial charge in [0.05, 0.1) is 12.2 Å². The fourth-order valence-electron chi connectivity index (χ4n) is 4.58. The van der Waals surface area contributed by atoms with Crippen molar-refractivity contribution in [1.82, 2.24) is 20.9 Å². The van der Waals surface area contributed by atoms with E-state index in [1.54, 1.807) is 50.3 Å². The van der Waals surface area contributed by atoms with E-state index in [4.69, 9.17) is 9.47 Å². The van der Waals surface area contributed by atoms with Gasteiger partial charge in [-0.2, -0.15) is 13.2 Å². The Balaban J connectivity index is 1.68. The highest BCUT2D eigenvalue weighted by Gasteiger charge is 2.38. The van der Waals surface area contributed by atoms with Crippen LogP contribution in [0.1, 0.15) is 44.7 Å². The Labute approximate surface area is 253 Å². The summed E-state index contributed by atoms with van der Waals surface area (Å²) >= 11 is 0. The van der Waals surface area contributed by atoms with Crippen molar-refractivity contribution in [3.05, 3.63) is 107 Å². The van der Waals surface area contributed by atoms with Crippen LogP contribution in [-0.2, 0) is 27.5 Å². The van der Waals surface area contributed by atoms with Gasteiger partial charge in [0.25, 0.3) is 5.91 Å². The highest BCUT2D eigenvalue weighted by atomic mass is 19.4. The summed E-state index contributed by atoms with van der Waals surface area (Å²) in [6, 6.07) is 12.4. The summed E-state index contributed by atoms with van der Waals surface area (Å²) < 4.78 is 78.8. The smallest absolute Gasteiger partial charge is 0.389 e. The van der Waals surface area contributed by atoms with Gasteiger partial charge in [0.1, 0.15) is 29.7 Å². The number of hydrogen-bond donors (Lipinski definition) is 4. The molecule has 44 heavy (non-hydrogen) atoms. The van der Waals surface area contributed by atoms with Gasteiger partial charge >= 0.3 is 6.18 Å². The van der Waals surface area contributed by atoms with Gasteiger partial charge in [0.2, 0.25) is 6.41 Å². The summed E-state index contributed by atoms with van der Waals surface area (Å²) in [6.07, 6.45) is -5.63. The standard InChI is InChI=1S/C31H37F5N4O4/c1-5-25(43-18-22-23(32)13-10-14-24(22)33)27-38-20(3)26(40(27)6-2)28(41)37-19-30(4,15-16-31(34,35)36)39-29(42)44-17-21-11-8-7-9-12-21/h5-14,27,29,38-39,42H,2,15-19H2,1,3-4H3,(H,37,41)/b25-5+. The number of aliphatic hydroxyl groups is 1. The minimum absolute atomic E-state index is 0.00303. The molecule has 3 atom stereocenters. The van der Waals surface area contributed by atoms with Gasteiger partial charge in [-0.05, 0) is 57.2 Å². The fraction of sp³-hybridized carbons (Fsp3) is 0.387. The number of ether oxygens (including phenoxy) is 2. The van der Waals surface area contributed by atoms with Gasteiger partial charge < -0.3 is 30.1 Å². The molecule has 13 heteroatoms. The van der Waals surface area contributed by atoms with E-state index in [0.29, 0.717) is 5.70 Å². The van der Waals surface area contributed by atoms with Crippen molar-refractivity contribution in [2.75, 3.05) is 6.54 Å². The van der Waals surface area contributed by atoms with Crippen molar-refractivity contribution in [2.24, 2.45) is 0 Å². The number of amides is 1. The van der Waals surface area contributed by atoms with Crippen LogP contribution in [-0.4, -0.2) is 46.8 Å². The summed E-state index contributed by atoms with van der Waals surface area (Å²) in [5.41, 5.74) is -0.454. The van der Waals surface area contributed by atoms with Crippen LogP contribution >= 0.6 is 0 Å². The number of rotatable bonds is 15. The highest BCUT2D eigenvalue weighted by Crippen LogP contribution is 2.29. The molecule has 0 spiro atoms. The number of nitrogens with one attached hydrogen (secondary N) is 3. The number of allylic oxidation sites excluding steroid dienone is 2. The second kappa shape index (κ2) is 15.2. The van der Waals surface area contributed by atoms with Crippen molar-refractivity contribution in [2.45, 2.75) is 71.1 Å². The maximum atomic E-state index is 14.1. The quantitative estimate of drug-likeness (QED) is 0.122. The molecule has 1 heterocycles. The van der Waals surface area contributed by atoms with Gasteiger partial charge in [0.15, 0.2) is 6.17 Å². The van der Waals surface area contributed by atoms with E-state index in [-0.39, 0.29) is 30.2 Å². The Morgan fingerprint density at radius 3 is 2.36 bits per heavy atom. The number of alkyl halides is 3. The molecule has 1 amide bonds. The monoisotopic (exact) mass is 624 g/mol. The van der Waals surface area contributed by atoms with Gasteiger partial charge in [-0.15, -0.1) is 0 Å². The summed E-state index contributed by atoms with van der Waals surface area (Å²) in [5, 5.41) is 18.8. The molecular weight excluding hydrogens is 587 g/mol. The molecular formula is C31H37F5N4O4. The van der Waals surface area contributed by atoms with Gasteiger partial charge in [-0.25, -0.2) is 8.78 Å². The summed E-state index contributed by atoms with van der Waals surface area (Å²) in [7, 11) is 0. The largest absolute Gasteiger partial charge is 0.489 e. The SMILES string of the molecule is C=CN1C(C(=O)NCC(C)(CCC(F)(F)F)NC(O)OCc2ccccc2)=C(C)NC1/C(=C\C)OCc1c(F)cccc1F.